The molecule has 3 heteroatoms. The van der Waals surface area contributed by atoms with Gasteiger partial charge < -0.3 is 4.90 Å². The third-order valence-electron chi connectivity index (χ3n) is 4.34. The van der Waals surface area contributed by atoms with E-state index in [-0.39, 0.29) is 0 Å². The standard InChI is InChI=1S/C21H19N2S/c1-3-13-23-14-12-16(17-8-4-5-9-18(17)23)15-21-22(2)19-10-6-7-11-20(19)24-21/h3-12,14-15H,1,13H2,2H3/q+1. The number of hydrogen-bond donors (Lipinski definition) is 0. The number of para-hydroxylation sites is 2. The van der Waals surface area contributed by atoms with Gasteiger partial charge in [-0.15, -0.1) is 0 Å². The predicted molar refractivity (Wildman–Crippen MR) is 103 cm³/mol. The zero-order valence-electron chi connectivity index (χ0n) is 13.6. The molecule has 0 atom stereocenters. The minimum absolute atomic E-state index is 0.817. The van der Waals surface area contributed by atoms with E-state index in [9.17, 15) is 0 Å². The topological polar surface area (TPSA) is 7.12 Å². The van der Waals surface area contributed by atoms with Crippen molar-refractivity contribution in [2.75, 3.05) is 11.9 Å². The van der Waals surface area contributed by atoms with Crippen LogP contribution in [0.2, 0.25) is 0 Å². The maximum Gasteiger partial charge on any atom is 0.213 e. The van der Waals surface area contributed by atoms with Gasteiger partial charge in [-0.1, -0.05) is 42.6 Å². The normalized spacial score (nSPS) is 15.0. The summed E-state index contributed by atoms with van der Waals surface area (Å²) in [6.07, 6.45) is 6.36. The molecule has 118 valence electrons. The van der Waals surface area contributed by atoms with Crippen LogP contribution < -0.4 is 9.47 Å². The van der Waals surface area contributed by atoms with E-state index in [1.54, 1.807) is 0 Å². The third-order valence-corrected chi connectivity index (χ3v) is 5.50. The number of hydrogen-bond acceptors (Lipinski definition) is 2. The van der Waals surface area contributed by atoms with Crippen LogP contribution in [0, 0.1) is 0 Å². The Labute approximate surface area is 146 Å². The van der Waals surface area contributed by atoms with Crippen LogP contribution in [0.5, 0.6) is 0 Å². The molecule has 0 N–H and O–H groups in total. The molecule has 0 aliphatic carbocycles. The number of rotatable bonds is 3. The first kappa shape index (κ1) is 15.0. The first-order valence-corrected chi connectivity index (χ1v) is 8.84. The molecule has 0 unspecified atom stereocenters. The molecule has 1 aromatic heterocycles. The van der Waals surface area contributed by atoms with E-state index < -0.39 is 0 Å². The molecule has 1 aliphatic heterocycles. The first-order chi connectivity index (χ1) is 11.8. The molecule has 1 aliphatic rings. The van der Waals surface area contributed by atoms with Gasteiger partial charge in [-0.25, -0.2) is 0 Å². The maximum absolute atomic E-state index is 3.86. The maximum atomic E-state index is 3.86. The Hall–Kier alpha value is -2.52. The smallest absolute Gasteiger partial charge is 0.213 e. The molecule has 0 fully saturated rings. The molecule has 0 amide bonds. The monoisotopic (exact) mass is 331 g/mol. The van der Waals surface area contributed by atoms with Crippen molar-refractivity contribution in [1.82, 2.24) is 0 Å². The molecule has 0 saturated carbocycles. The lowest BCUT2D eigenvalue weighted by molar-refractivity contribution is -0.660. The van der Waals surface area contributed by atoms with Crippen LogP contribution in [0.25, 0.3) is 17.0 Å². The summed E-state index contributed by atoms with van der Waals surface area (Å²) in [5.41, 5.74) is 3.75. The van der Waals surface area contributed by atoms with Crippen molar-refractivity contribution in [3.63, 3.8) is 0 Å². The number of nitrogens with zero attached hydrogens (tertiary/aromatic N) is 2. The first-order valence-electron chi connectivity index (χ1n) is 8.02. The van der Waals surface area contributed by atoms with Crippen molar-refractivity contribution < 1.29 is 4.57 Å². The van der Waals surface area contributed by atoms with Gasteiger partial charge in [-0.3, -0.25) is 0 Å². The number of thioether (sulfide) groups is 1. The zero-order valence-corrected chi connectivity index (χ0v) is 14.5. The lowest BCUT2D eigenvalue weighted by atomic mass is 10.1. The van der Waals surface area contributed by atoms with Crippen LogP contribution in [0.4, 0.5) is 5.69 Å². The lowest BCUT2D eigenvalue weighted by Gasteiger charge is -2.13. The van der Waals surface area contributed by atoms with E-state index in [0.717, 1.165) is 6.54 Å². The SMILES string of the molecule is C=CC[n+]1ccc(C=C2Sc3ccccc3N2C)c2ccccc21. The van der Waals surface area contributed by atoms with Crippen molar-refractivity contribution in [3.05, 3.63) is 84.0 Å². The molecule has 0 spiro atoms. The minimum atomic E-state index is 0.817. The highest BCUT2D eigenvalue weighted by Crippen LogP contribution is 2.45. The van der Waals surface area contributed by atoms with Crippen LogP contribution in [0.15, 0.2) is 83.4 Å². The van der Waals surface area contributed by atoms with Gasteiger partial charge in [0.05, 0.1) is 16.1 Å². The van der Waals surface area contributed by atoms with Crippen LogP contribution in [0.1, 0.15) is 5.56 Å². The zero-order chi connectivity index (χ0) is 16.5. The summed E-state index contributed by atoms with van der Waals surface area (Å²) in [6, 6.07) is 19.3. The Bertz CT molecular complexity index is 959. The van der Waals surface area contributed by atoms with Crippen LogP contribution in [-0.2, 0) is 6.54 Å². The second-order valence-corrected chi connectivity index (χ2v) is 6.90. The van der Waals surface area contributed by atoms with Crippen LogP contribution >= 0.6 is 11.8 Å². The summed E-state index contributed by atoms with van der Waals surface area (Å²) in [7, 11) is 2.13. The fraction of sp³-hybridized carbons (Fsp3) is 0.0952. The molecule has 2 nitrogen and oxygen atoms in total. The van der Waals surface area contributed by atoms with E-state index in [2.05, 4.69) is 90.0 Å². The highest BCUT2D eigenvalue weighted by atomic mass is 32.2. The van der Waals surface area contributed by atoms with Gasteiger partial charge >= 0.3 is 0 Å². The highest BCUT2D eigenvalue weighted by Gasteiger charge is 2.21. The van der Waals surface area contributed by atoms with Gasteiger partial charge in [0.25, 0.3) is 0 Å². The van der Waals surface area contributed by atoms with Gasteiger partial charge in [-0.2, -0.15) is 4.57 Å². The second kappa shape index (κ2) is 6.17. The third kappa shape index (κ3) is 2.51. The minimum Gasteiger partial charge on any atom is -0.338 e. The Kier molecular flexibility index (Phi) is 3.87. The van der Waals surface area contributed by atoms with Gasteiger partial charge in [0.1, 0.15) is 0 Å². The predicted octanol–water partition coefficient (Wildman–Crippen LogP) is 4.85. The Morgan fingerprint density at radius 1 is 1.08 bits per heavy atom. The summed E-state index contributed by atoms with van der Waals surface area (Å²) in [6.45, 7) is 4.68. The number of fused-ring (bicyclic) bond motifs is 2. The van der Waals surface area contributed by atoms with E-state index in [0.29, 0.717) is 0 Å². The van der Waals surface area contributed by atoms with Gasteiger partial charge in [-0.05, 0) is 35.9 Å². The molecule has 0 bridgehead atoms. The largest absolute Gasteiger partial charge is 0.338 e. The molecular formula is C21H19N2S+. The summed E-state index contributed by atoms with van der Waals surface area (Å²) in [5.74, 6) is 0. The Morgan fingerprint density at radius 2 is 1.88 bits per heavy atom. The number of aromatic nitrogens is 1. The average molecular weight is 331 g/mol. The van der Waals surface area contributed by atoms with E-state index >= 15 is 0 Å². The van der Waals surface area contributed by atoms with Gasteiger partial charge in [0.2, 0.25) is 5.52 Å². The van der Waals surface area contributed by atoms with E-state index in [1.165, 1.54) is 32.1 Å². The number of benzene rings is 2. The molecule has 2 heterocycles. The quantitative estimate of drug-likeness (QED) is 0.500. The van der Waals surface area contributed by atoms with Gasteiger partial charge in [0.15, 0.2) is 12.7 Å². The highest BCUT2D eigenvalue weighted by molar-refractivity contribution is 8.03. The van der Waals surface area contributed by atoms with Crippen molar-refractivity contribution >= 4 is 34.4 Å². The fourth-order valence-corrected chi connectivity index (χ4v) is 4.22. The summed E-state index contributed by atoms with van der Waals surface area (Å²) in [5, 5.41) is 2.52. The van der Waals surface area contributed by atoms with E-state index in [4.69, 9.17) is 0 Å². The van der Waals surface area contributed by atoms with E-state index in [1.807, 2.05) is 17.8 Å². The second-order valence-electron chi connectivity index (χ2n) is 5.84. The lowest BCUT2D eigenvalue weighted by Crippen LogP contribution is -2.33. The molecule has 2 aromatic carbocycles. The summed E-state index contributed by atoms with van der Waals surface area (Å²) >= 11 is 1.83. The average Bonchev–Trinajstić information content (AvgIpc) is 2.93. The van der Waals surface area contributed by atoms with Crippen LogP contribution in [-0.4, -0.2) is 7.05 Å². The molecule has 4 rings (SSSR count). The van der Waals surface area contributed by atoms with Crippen molar-refractivity contribution in [2.45, 2.75) is 11.4 Å². The van der Waals surface area contributed by atoms with Crippen molar-refractivity contribution in [2.24, 2.45) is 0 Å². The molecule has 0 radical (unpaired) electrons. The molecule has 24 heavy (non-hydrogen) atoms. The molecular weight excluding hydrogens is 312 g/mol. The molecule has 0 saturated heterocycles. The fourth-order valence-electron chi connectivity index (χ4n) is 3.11. The van der Waals surface area contributed by atoms with Gasteiger partial charge in [0, 0.05) is 24.1 Å². The number of allylic oxidation sites excluding steroid dienone is 1. The Balaban J connectivity index is 1.81. The van der Waals surface area contributed by atoms with Crippen molar-refractivity contribution in [3.8, 4) is 0 Å². The molecule has 3 aromatic rings. The van der Waals surface area contributed by atoms with Crippen molar-refractivity contribution in [1.29, 1.82) is 0 Å². The summed E-state index contributed by atoms with van der Waals surface area (Å²) in [4.78, 5) is 3.58. The van der Waals surface area contributed by atoms with Crippen LogP contribution in [0.3, 0.4) is 0 Å². The number of pyridine rings is 1. The summed E-state index contributed by atoms with van der Waals surface area (Å²) < 4.78 is 2.23. The Morgan fingerprint density at radius 3 is 2.71 bits per heavy atom. The number of anilines is 1.